The highest BCUT2D eigenvalue weighted by atomic mass is 79.9. The SMILES string of the molecule is COC(O)c1[nH]cnc1Br. The molecule has 0 bridgehead atoms. The molecule has 1 atom stereocenters. The number of ether oxygens (including phenoxy) is 1. The topological polar surface area (TPSA) is 58.1 Å². The fraction of sp³-hybridized carbons (Fsp3) is 0.400. The largest absolute Gasteiger partial charge is 0.363 e. The maximum atomic E-state index is 9.08. The van der Waals surface area contributed by atoms with Gasteiger partial charge in [0.25, 0.3) is 0 Å². The molecule has 4 nitrogen and oxygen atoms in total. The first-order valence-corrected chi connectivity index (χ1v) is 3.44. The molecule has 0 aromatic carbocycles. The predicted molar refractivity (Wildman–Crippen MR) is 38.3 cm³/mol. The number of hydrogen-bond donors (Lipinski definition) is 2. The van der Waals surface area contributed by atoms with Crippen LogP contribution in [0.5, 0.6) is 0 Å². The van der Waals surface area contributed by atoms with E-state index in [4.69, 9.17) is 5.11 Å². The fourth-order valence-corrected chi connectivity index (χ4v) is 0.991. The number of aliphatic hydroxyl groups is 1. The van der Waals surface area contributed by atoms with Gasteiger partial charge in [-0.2, -0.15) is 0 Å². The third-order valence-electron chi connectivity index (χ3n) is 1.09. The average Bonchev–Trinajstić information content (AvgIpc) is 2.34. The molecule has 1 unspecified atom stereocenters. The van der Waals surface area contributed by atoms with Crippen molar-refractivity contribution in [2.75, 3.05) is 7.11 Å². The Bertz CT molecular complexity index is 213. The number of nitrogens with zero attached hydrogens (tertiary/aromatic N) is 1. The molecule has 0 fully saturated rings. The lowest BCUT2D eigenvalue weighted by Crippen LogP contribution is -2.00. The lowest BCUT2D eigenvalue weighted by molar-refractivity contribution is -0.0801. The van der Waals surface area contributed by atoms with Crippen LogP contribution >= 0.6 is 15.9 Å². The van der Waals surface area contributed by atoms with E-state index in [1.54, 1.807) is 0 Å². The Labute approximate surface area is 66.4 Å². The van der Waals surface area contributed by atoms with Crippen molar-refractivity contribution in [1.29, 1.82) is 0 Å². The molecule has 0 spiro atoms. The van der Waals surface area contributed by atoms with Crippen LogP contribution in [0.3, 0.4) is 0 Å². The standard InChI is InChI=1S/C5H7BrN2O2/c1-10-5(9)3-4(6)8-2-7-3/h2,5,9H,1H3,(H,7,8). The van der Waals surface area contributed by atoms with E-state index in [0.717, 1.165) is 0 Å². The fourth-order valence-electron chi connectivity index (χ4n) is 0.579. The summed E-state index contributed by atoms with van der Waals surface area (Å²) in [7, 11) is 1.41. The number of aliphatic hydroxyl groups excluding tert-OH is 1. The van der Waals surface area contributed by atoms with Gasteiger partial charge in [0.05, 0.1) is 6.33 Å². The molecule has 0 saturated heterocycles. The summed E-state index contributed by atoms with van der Waals surface area (Å²) in [5.74, 6) is 0. The molecule has 0 aliphatic rings. The van der Waals surface area contributed by atoms with Gasteiger partial charge in [0.1, 0.15) is 10.3 Å². The molecule has 10 heavy (non-hydrogen) atoms. The molecule has 0 aliphatic heterocycles. The highest BCUT2D eigenvalue weighted by Gasteiger charge is 2.10. The van der Waals surface area contributed by atoms with Crippen molar-refractivity contribution < 1.29 is 9.84 Å². The van der Waals surface area contributed by atoms with Crippen molar-refractivity contribution in [3.8, 4) is 0 Å². The van der Waals surface area contributed by atoms with Crippen molar-refractivity contribution in [2.24, 2.45) is 0 Å². The molecular formula is C5H7BrN2O2. The van der Waals surface area contributed by atoms with Crippen LogP contribution in [0.1, 0.15) is 12.0 Å². The van der Waals surface area contributed by atoms with Crippen LogP contribution in [-0.4, -0.2) is 22.2 Å². The predicted octanol–water partition coefficient (Wildman–Crippen LogP) is 0.810. The van der Waals surface area contributed by atoms with Crippen molar-refractivity contribution >= 4 is 15.9 Å². The number of rotatable bonds is 2. The third kappa shape index (κ3) is 1.36. The molecule has 1 aromatic heterocycles. The molecule has 2 N–H and O–H groups in total. The van der Waals surface area contributed by atoms with E-state index < -0.39 is 6.29 Å². The van der Waals surface area contributed by atoms with Crippen LogP contribution in [0, 0.1) is 0 Å². The van der Waals surface area contributed by atoms with E-state index in [9.17, 15) is 0 Å². The van der Waals surface area contributed by atoms with Crippen molar-refractivity contribution in [3.05, 3.63) is 16.6 Å². The molecule has 0 aliphatic carbocycles. The van der Waals surface area contributed by atoms with Crippen molar-refractivity contribution in [3.63, 3.8) is 0 Å². The van der Waals surface area contributed by atoms with Gasteiger partial charge < -0.3 is 14.8 Å². The summed E-state index contributed by atoms with van der Waals surface area (Å²) in [5, 5.41) is 9.08. The Morgan fingerprint density at radius 1 is 1.90 bits per heavy atom. The molecule has 1 rings (SSSR count). The molecule has 0 amide bonds. The van der Waals surface area contributed by atoms with E-state index in [1.165, 1.54) is 13.4 Å². The summed E-state index contributed by atoms with van der Waals surface area (Å²) < 4.78 is 5.20. The average molecular weight is 207 g/mol. The quantitative estimate of drug-likeness (QED) is 0.705. The number of halogens is 1. The molecule has 1 aromatic rings. The van der Waals surface area contributed by atoms with Gasteiger partial charge in [0.2, 0.25) is 0 Å². The number of methoxy groups -OCH3 is 1. The normalized spacial score (nSPS) is 13.5. The van der Waals surface area contributed by atoms with Gasteiger partial charge >= 0.3 is 0 Å². The highest BCUT2D eigenvalue weighted by Crippen LogP contribution is 2.18. The molecule has 0 saturated carbocycles. The van der Waals surface area contributed by atoms with E-state index in [1.807, 2.05) is 0 Å². The molecule has 0 radical (unpaired) electrons. The highest BCUT2D eigenvalue weighted by molar-refractivity contribution is 9.10. The van der Waals surface area contributed by atoms with Gasteiger partial charge in [-0.25, -0.2) is 4.98 Å². The lowest BCUT2D eigenvalue weighted by Gasteiger charge is -2.04. The van der Waals surface area contributed by atoms with E-state index in [0.29, 0.717) is 10.3 Å². The van der Waals surface area contributed by atoms with Crippen LogP contribution in [0.2, 0.25) is 0 Å². The number of H-pyrrole nitrogens is 1. The number of nitrogens with one attached hydrogen (secondary N) is 1. The Morgan fingerprint density at radius 2 is 2.60 bits per heavy atom. The maximum Gasteiger partial charge on any atom is 0.198 e. The van der Waals surface area contributed by atoms with Gasteiger partial charge in [-0.15, -0.1) is 0 Å². The van der Waals surface area contributed by atoms with E-state index in [-0.39, 0.29) is 0 Å². The molecule has 56 valence electrons. The van der Waals surface area contributed by atoms with Crippen molar-refractivity contribution in [1.82, 2.24) is 9.97 Å². The van der Waals surface area contributed by atoms with Crippen LogP contribution in [0.4, 0.5) is 0 Å². The molecule has 1 heterocycles. The lowest BCUT2D eigenvalue weighted by atomic mass is 10.5. The van der Waals surface area contributed by atoms with Crippen molar-refractivity contribution in [2.45, 2.75) is 6.29 Å². The van der Waals surface area contributed by atoms with E-state index in [2.05, 4.69) is 30.6 Å². The Morgan fingerprint density at radius 3 is 3.00 bits per heavy atom. The zero-order valence-corrected chi connectivity index (χ0v) is 6.92. The summed E-state index contributed by atoms with van der Waals surface area (Å²) in [6.45, 7) is 0. The Kier molecular flexibility index (Phi) is 2.42. The summed E-state index contributed by atoms with van der Waals surface area (Å²) in [5.41, 5.74) is 0.530. The van der Waals surface area contributed by atoms with Crippen LogP contribution in [-0.2, 0) is 4.74 Å². The minimum absolute atomic E-state index is 0.530. The smallest absolute Gasteiger partial charge is 0.198 e. The van der Waals surface area contributed by atoms with Gasteiger partial charge in [0.15, 0.2) is 6.29 Å². The Balaban J connectivity index is 2.82. The number of imidazole rings is 1. The first-order valence-electron chi connectivity index (χ1n) is 2.65. The Hall–Kier alpha value is -0.390. The van der Waals surface area contributed by atoms with Gasteiger partial charge in [-0.1, -0.05) is 0 Å². The first-order chi connectivity index (χ1) is 4.75. The second kappa shape index (κ2) is 3.14. The van der Waals surface area contributed by atoms with Crippen LogP contribution < -0.4 is 0 Å². The molecular weight excluding hydrogens is 200 g/mol. The third-order valence-corrected chi connectivity index (χ3v) is 1.72. The molecule has 5 heteroatoms. The zero-order valence-electron chi connectivity index (χ0n) is 5.34. The van der Waals surface area contributed by atoms with Gasteiger partial charge in [-0.05, 0) is 15.9 Å². The van der Waals surface area contributed by atoms with Gasteiger partial charge in [0, 0.05) is 7.11 Å². The van der Waals surface area contributed by atoms with Crippen LogP contribution in [0.25, 0.3) is 0 Å². The minimum Gasteiger partial charge on any atom is -0.363 e. The second-order valence-electron chi connectivity index (χ2n) is 1.70. The monoisotopic (exact) mass is 206 g/mol. The number of aromatic nitrogens is 2. The number of hydrogen-bond acceptors (Lipinski definition) is 3. The summed E-state index contributed by atoms with van der Waals surface area (Å²) in [6, 6.07) is 0. The second-order valence-corrected chi connectivity index (χ2v) is 2.45. The van der Waals surface area contributed by atoms with Crippen LogP contribution in [0.15, 0.2) is 10.9 Å². The maximum absolute atomic E-state index is 9.08. The van der Waals surface area contributed by atoms with E-state index >= 15 is 0 Å². The first kappa shape index (κ1) is 7.71. The number of aromatic amines is 1. The summed E-state index contributed by atoms with van der Waals surface area (Å²) in [4.78, 5) is 6.53. The van der Waals surface area contributed by atoms with Gasteiger partial charge in [-0.3, -0.25) is 0 Å². The minimum atomic E-state index is -0.933. The summed E-state index contributed by atoms with van der Waals surface area (Å²) in [6.07, 6.45) is 0.540. The summed E-state index contributed by atoms with van der Waals surface area (Å²) >= 11 is 3.13. The zero-order chi connectivity index (χ0) is 7.56.